The Morgan fingerprint density at radius 3 is 2.38 bits per heavy atom. The molecular weight excluding hydrogens is 292 g/mol. The van der Waals surface area contributed by atoms with Crippen LogP contribution in [0.1, 0.15) is 5.56 Å². The zero-order valence-electron chi connectivity index (χ0n) is 11.5. The smallest absolute Gasteiger partial charge is 0.245 e. The summed E-state index contributed by atoms with van der Waals surface area (Å²) in [4.78, 5) is 2.96. The summed E-state index contributed by atoms with van der Waals surface area (Å²) in [5, 5.41) is 37.6. The zero-order valence-corrected chi connectivity index (χ0v) is 12.3. The normalized spacial score (nSPS) is 33.9. The molecule has 0 radical (unpaired) electrons. The van der Waals surface area contributed by atoms with Crippen molar-refractivity contribution in [2.24, 2.45) is 5.73 Å². The van der Waals surface area contributed by atoms with Crippen LogP contribution in [0.25, 0.3) is 0 Å². The van der Waals surface area contributed by atoms with Gasteiger partial charge < -0.3 is 20.4 Å². The highest BCUT2D eigenvalue weighted by atomic mass is 32.2. The Labute approximate surface area is 127 Å². The summed E-state index contributed by atoms with van der Waals surface area (Å²) in [5.74, 6) is 0.457. The van der Waals surface area contributed by atoms with Gasteiger partial charge >= 0.3 is 0 Å². The quantitative estimate of drug-likeness (QED) is 0.264. The summed E-state index contributed by atoms with van der Waals surface area (Å²) >= 11 is 1.17. The molecule has 0 spiro atoms. The summed E-state index contributed by atoms with van der Waals surface area (Å²) in [6, 6.07) is 9.61. The van der Waals surface area contributed by atoms with Crippen molar-refractivity contribution in [1.29, 1.82) is 0 Å². The van der Waals surface area contributed by atoms with Gasteiger partial charge in [0.1, 0.15) is 12.2 Å². The van der Waals surface area contributed by atoms with Crippen LogP contribution >= 0.6 is 11.8 Å². The Balaban J connectivity index is 2.07. The number of thioether (sulfide) groups is 1. The van der Waals surface area contributed by atoms with E-state index < -0.39 is 28.9 Å². The van der Waals surface area contributed by atoms with Gasteiger partial charge in [-0.3, -0.25) is 10.7 Å². The standard InChI is InChI=1S/C14H20N2O4S/c15-10(6-8-4-2-1-3-5-8)16-14-13(20)12(19)11(18)9(7-17)21-14/h1-5,9,11-14,17-20H,6-7H2,(H2,15,16)/p+1/t9-,11-,12+,13+,14+/m1/s1. The van der Waals surface area contributed by atoms with E-state index in [0.717, 1.165) is 5.56 Å². The molecule has 116 valence electrons. The van der Waals surface area contributed by atoms with Gasteiger partial charge in [-0.2, -0.15) is 0 Å². The Morgan fingerprint density at radius 2 is 1.76 bits per heavy atom. The molecule has 0 bridgehead atoms. The van der Waals surface area contributed by atoms with E-state index in [-0.39, 0.29) is 6.61 Å². The number of nitrogens with one attached hydrogen (secondary N) is 1. The molecule has 1 saturated heterocycles. The van der Waals surface area contributed by atoms with Crippen molar-refractivity contribution < 1.29 is 25.4 Å². The van der Waals surface area contributed by atoms with Gasteiger partial charge in [0.2, 0.25) is 5.84 Å². The Hall–Kier alpha value is -1.12. The molecule has 0 unspecified atom stereocenters. The molecule has 0 aromatic heterocycles. The lowest BCUT2D eigenvalue weighted by atomic mass is 10.0. The molecule has 5 atom stereocenters. The van der Waals surface area contributed by atoms with Crippen LogP contribution in [0, 0.1) is 0 Å². The number of aliphatic hydroxyl groups excluding tert-OH is 4. The van der Waals surface area contributed by atoms with Crippen molar-refractivity contribution in [2.45, 2.75) is 35.4 Å². The largest absolute Gasteiger partial charge is 0.395 e. The molecule has 1 aliphatic rings. The first-order valence-corrected chi connectivity index (χ1v) is 7.69. The van der Waals surface area contributed by atoms with E-state index in [4.69, 9.17) is 5.73 Å². The van der Waals surface area contributed by atoms with E-state index in [1.807, 2.05) is 30.3 Å². The number of aliphatic hydroxyl groups is 4. The van der Waals surface area contributed by atoms with Crippen molar-refractivity contribution >= 4 is 17.6 Å². The minimum atomic E-state index is -1.31. The van der Waals surface area contributed by atoms with Crippen molar-refractivity contribution in [3.8, 4) is 0 Å². The zero-order chi connectivity index (χ0) is 15.4. The lowest BCUT2D eigenvalue weighted by Crippen LogP contribution is -2.86. The van der Waals surface area contributed by atoms with Crippen LogP contribution in [0.15, 0.2) is 30.3 Å². The van der Waals surface area contributed by atoms with Crippen LogP contribution in [0.3, 0.4) is 0 Å². The molecule has 0 aliphatic carbocycles. The van der Waals surface area contributed by atoms with Crippen LogP contribution < -0.4 is 10.7 Å². The Morgan fingerprint density at radius 1 is 1.10 bits per heavy atom. The van der Waals surface area contributed by atoms with Gasteiger partial charge in [0.15, 0.2) is 5.37 Å². The van der Waals surface area contributed by atoms with E-state index in [9.17, 15) is 20.4 Å². The Kier molecular flexibility index (Phi) is 5.60. The predicted molar refractivity (Wildman–Crippen MR) is 80.6 cm³/mol. The van der Waals surface area contributed by atoms with Crippen molar-refractivity contribution in [3.05, 3.63) is 35.9 Å². The number of nitrogens with two attached hydrogens (primary N) is 1. The molecule has 7 heteroatoms. The molecule has 6 nitrogen and oxygen atoms in total. The maximum absolute atomic E-state index is 9.99. The molecule has 21 heavy (non-hydrogen) atoms. The first kappa shape index (κ1) is 16.3. The van der Waals surface area contributed by atoms with Crippen LogP contribution in [-0.4, -0.2) is 61.8 Å². The van der Waals surface area contributed by atoms with Crippen molar-refractivity contribution in [2.75, 3.05) is 6.61 Å². The maximum Gasteiger partial charge on any atom is 0.245 e. The summed E-state index contributed by atoms with van der Waals surface area (Å²) in [6.45, 7) is -0.285. The third-order valence-electron chi connectivity index (χ3n) is 3.46. The van der Waals surface area contributed by atoms with Crippen molar-refractivity contribution in [1.82, 2.24) is 0 Å². The SMILES string of the molecule is N/C(Cc1ccccc1)=[NH+]\[C@H]1S[C@H](CO)[C@@H](O)[C@H](O)[C@@H]1O. The van der Waals surface area contributed by atoms with Gasteiger partial charge in [0.25, 0.3) is 0 Å². The molecule has 1 aromatic carbocycles. The van der Waals surface area contributed by atoms with Gasteiger partial charge in [-0.05, 0) is 5.56 Å². The average molecular weight is 313 g/mol. The van der Waals surface area contributed by atoms with Crippen LogP contribution in [-0.2, 0) is 6.42 Å². The molecule has 0 amide bonds. The van der Waals surface area contributed by atoms with Gasteiger partial charge in [0.05, 0.1) is 24.4 Å². The fraction of sp³-hybridized carbons (Fsp3) is 0.500. The highest BCUT2D eigenvalue weighted by molar-refractivity contribution is 8.00. The first-order chi connectivity index (χ1) is 10.0. The topological polar surface area (TPSA) is 121 Å². The highest BCUT2D eigenvalue weighted by Crippen LogP contribution is 2.28. The van der Waals surface area contributed by atoms with E-state index in [2.05, 4.69) is 4.99 Å². The van der Waals surface area contributed by atoms with E-state index in [1.165, 1.54) is 11.8 Å². The van der Waals surface area contributed by atoms with Gasteiger partial charge in [-0.25, -0.2) is 0 Å². The van der Waals surface area contributed by atoms with Crippen LogP contribution in [0.4, 0.5) is 0 Å². The second-order valence-corrected chi connectivity index (χ2v) is 6.47. The summed E-state index contributed by atoms with van der Waals surface area (Å²) in [6.07, 6.45) is -3.15. The third kappa shape index (κ3) is 3.96. The average Bonchev–Trinajstić information content (AvgIpc) is 2.49. The molecule has 1 aliphatic heterocycles. The third-order valence-corrected chi connectivity index (χ3v) is 4.92. The van der Waals surface area contributed by atoms with Gasteiger partial charge in [0, 0.05) is 0 Å². The Bertz CT molecular complexity index is 483. The lowest BCUT2D eigenvalue weighted by Gasteiger charge is -2.36. The molecular formula is C14H21N2O4S+. The highest BCUT2D eigenvalue weighted by Gasteiger charge is 2.44. The molecule has 1 fully saturated rings. The van der Waals surface area contributed by atoms with E-state index in [1.54, 1.807) is 0 Å². The number of rotatable bonds is 4. The first-order valence-electron chi connectivity index (χ1n) is 6.75. The summed E-state index contributed by atoms with van der Waals surface area (Å²) in [7, 11) is 0. The fourth-order valence-electron chi connectivity index (χ4n) is 2.27. The lowest BCUT2D eigenvalue weighted by molar-refractivity contribution is -0.493. The molecule has 1 heterocycles. The maximum atomic E-state index is 9.99. The predicted octanol–water partition coefficient (Wildman–Crippen LogP) is -2.82. The van der Waals surface area contributed by atoms with Crippen LogP contribution in [0.5, 0.6) is 0 Å². The molecule has 1 aromatic rings. The summed E-state index contributed by atoms with van der Waals surface area (Å²) in [5.41, 5.74) is 6.97. The van der Waals surface area contributed by atoms with Gasteiger partial charge in [-0.15, -0.1) is 11.8 Å². The number of hydrogen-bond donors (Lipinski definition) is 6. The number of benzene rings is 1. The van der Waals surface area contributed by atoms with E-state index >= 15 is 0 Å². The van der Waals surface area contributed by atoms with Crippen molar-refractivity contribution in [3.63, 3.8) is 0 Å². The molecule has 0 saturated carbocycles. The second-order valence-electron chi connectivity index (χ2n) is 5.08. The fourth-order valence-corrected chi connectivity index (χ4v) is 3.60. The van der Waals surface area contributed by atoms with E-state index in [0.29, 0.717) is 12.3 Å². The minimum absolute atomic E-state index is 0.285. The number of amidine groups is 1. The second kappa shape index (κ2) is 7.24. The van der Waals surface area contributed by atoms with Crippen LogP contribution in [0.2, 0.25) is 0 Å². The number of hydrogen-bond acceptors (Lipinski definition) is 5. The monoisotopic (exact) mass is 313 g/mol. The summed E-state index contributed by atoms with van der Waals surface area (Å²) < 4.78 is 0. The minimum Gasteiger partial charge on any atom is -0.395 e. The van der Waals surface area contributed by atoms with Gasteiger partial charge in [-0.1, -0.05) is 30.3 Å². The molecule has 7 N–H and O–H groups in total. The molecule has 2 rings (SSSR count).